The number of hydrogen-bond donors (Lipinski definition) is 3. The monoisotopic (exact) mass is 803 g/mol. The number of aromatic nitrogens is 2. The van der Waals surface area contributed by atoms with Crippen molar-refractivity contribution in [2.45, 2.75) is 95.5 Å². The molecule has 2 atom stereocenters. The van der Waals surface area contributed by atoms with Gasteiger partial charge in [-0.05, 0) is 124 Å². The quantitative estimate of drug-likeness (QED) is 0.112. The lowest BCUT2D eigenvalue weighted by molar-refractivity contribution is -0.129. The van der Waals surface area contributed by atoms with E-state index in [-0.39, 0.29) is 41.6 Å². The van der Waals surface area contributed by atoms with E-state index in [0.717, 1.165) is 83.1 Å². The minimum absolute atomic E-state index is 0.198. The summed E-state index contributed by atoms with van der Waals surface area (Å²) in [4.78, 5) is 37.0. The van der Waals surface area contributed by atoms with Crippen LogP contribution in [0.3, 0.4) is 0 Å². The summed E-state index contributed by atoms with van der Waals surface area (Å²) in [7, 11) is -0.0930. The van der Waals surface area contributed by atoms with Crippen molar-refractivity contribution in [2.24, 2.45) is 0 Å². The highest BCUT2D eigenvalue weighted by Crippen LogP contribution is 2.48. The lowest BCUT2D eigenvalue weighted by Crippen LogP contribution is -2.54. The zero-order valence-electron chi connectivity index (χ0n) is 34.0. The van der Waals surface area contributed by atoms with Crippen molar-refractivity contribution < 1.29 is 22.7 Å². The van der Waals surface area contributed by atoms with Gasteiger partial charge in [0.15, 0.2) is 0 Å². The van der Waals surface area contributed by atoms with Gasteiger partial charge in [0.25, 0.3) is 11.8 Å². The molecule has 0 radical (unpaired) electrons. The molecule has 4 aromatic rings. The maximum atomic E-state index is 14.8. The number of methoxy groups -OCH3 is 1. The van der Waals surface area contributed by atoms with Gasteiger partial charge < -0.3 is 24.9 Å². The van der Waals surface area contributed by atoms with Gasteiger partial charge in [-0.15, -0.1) is 0 Å². The van der Waals surface area contributed by atoms with Crippen molar-refractivity contribution in [2.75, 3.05) is 32.6 Å². The summed E-state index contributed by atoms with van der Waals surface area (Å²) in [5, 5.41) is 12.7. The van der Waals surface area contributed by atoms with Gasteiger partial charge in [0, 0.05) is 71.5 Å². The summed E-state index contributed by atoms with van der Waals surface area (Å²) in [6.07, 6.45) is 14.3. The number of benzene rings is 2. The fourth-order valence-electron chi connectivity index (χ4n) is 9.40. The molecule has 2 unspecified atom stereocenters. The number of rotatable bonds is 10. The van der Waals surface area contributed by atoms with E-state index in [1.54, 1.807) is 31.6 Å². The number of hydrogen-bond acceptors (Lipinski definition) is 9. The van der Waals surface area contributed by atoms with Crippen LogP contribution in [-0.4, -0.2) is 90.4 Å². The molecule has 304 valence electrons. The van der Waals surface area contributed by atoms with Crippen LogP contribution in [-0.2, 0) is 21.4 Å². The van der Waals surface area contributed by atoms with Gasteiger partial charge in [0.05, 0.1) is 35.9 Å². The first-order valence-electron chi connectivity index (χ1n) is 20.4. The Hall–Kier alpha value is -5.27. The predicted octanol–water partition coefficient (Wildman–Crippen LogP) is 7.25. The number of amides is 2. The van der Waals surface area contributed by atoms with Crippen LogP contribution in [0.4, 0.5) is 5.69 Å². The van der Waals surface area contributed by atoms with E-state index < -0.39 is 21.2 Å². The first-order valence-corrected chi connectivity index (χ1v) is 22.0. The van der Waals surface area contributed by atoms with Crippen molar-refractivity contribution in [1.82, 2.24) is 24.1 Å². The minimum Gasteiger partial charge on any atom is -0.497 e. The Labute approximate surface area is 340 Å². The molecule has 2 bridgehead atoms. The molecular weight excluding hydrogens is 751 g/mol. The maximum Gasteiger partial charge on any atom is 0.264 e. The van der Waals surface area contributed by atoms with Crippen molar-refractivity contribution in [3.63, 3.8) is 0 Å². The molecule has 4 aliphatic rings. The standard InChI is InChI=1S/C45H53N7O5S/c1-27(2)58(55,56)49-44(53)30-11-15-37-40(21-30)52-24-32(19-31-20-35(57-5)14-16-36(31)43(52)41(37)29-9-7-6-8-10-29)42(48-39-17-18-47-23-28(39)3)38(22-46)45(54)51-25-33-12-13-34(26-51)50(33)4/h11,14-23,27,29,33-34,46H,6-10,12-13,24-26H2,1-5H3,(H,47,48)(H,49,53)/b42-38+,46-22?. The Kier molecular flexibility index (Phi) is 10.8. The Balaban J connectivity index is 1.36. The maximum absolute atomic E-state index is 14.8. The molecule has 1 aliphatic carbocycles. The number of nitrogens with one attached hydrogen (secondary N) is 3. The molecule has 2 aromatic heterocycles. The van der Waals surface area contributed by atoms with Crippen molar-refractivity contribution in [1.29, 1.82) is 5.41 Å². The van der Waals surface area contributed by atoms with Gasteiger partial charge in [0.2, 0.25) is 10.0 Å². The molecule has 1 saturated carbocycles. The fraction of sp³-hybridized carbons (Fsp3) is 0.422. The van der Waals surface area contributed by atoms with E-state index in [0.29, 0.717) is 24.5 Å². The van der Waals surface area contributed by atoms with Gasteiger partial charge in [-0.25, -0.2) is 13.1 Å². The molecule has 8 rings (SSSR count). The van der Waals surface area contributed by atoms with Crippen LogP contribution >= 0.6 is 0 Å². The number of carbonyl (C=O) groups excluding carboxylic acids is 2. The molecule has 3 fully saturated rings. The Morgan fingerprint density at radius 1 is 1.00 bits per heavy atom. The van der Waals surface area contributed by atoms with Crippen LogP contribution in [0.25, 0.3) is 28.2 Å². The minimum atomic E-state index is -3.88. The average Bonchev–Trinajstić information content (AvgIpc) is 3.53. The Bertz CT molecular complexity index is 2470. The summed E-state index contributed by atoms with van der Waals surface area (Å²) >= 11 is 0. The number of nitrogens with zero attached hydrogens (tertiary/aromatic N) is 4. The van der Waals surface area contributed by atoms with E-state index in [1.165, 1.54) is 32.0 Å². The zero-order valence-corrected chi connectivity index (χ0v) is 34.8. The van der Waals surface area contributed by atoms with Gasteiger partial charge in [-0.2, -0.15) is 0 Å². The third kappa shape index (κ3) is 7.23. The molecule has 3 aliphatic heterocycles. The SMILES string of the molecule is COc1ccc2c(c1)C=C(/C(Nc1ccncc1C)=C(/C=N)C(=O)N1CC3CCC(C1)N3C)Cn1c-2c(C2CCCCC2)c2ccc(C(=O)NS(=O)(=O)C(C)C)cc21. The smallest absolute Gasteiger partial charge is 0.264 e. The number of anilines is 1. The molecule has 2 aromatic carbocycles. The molecule has 0 spiro atoms. The van der Waals surface area contributed by atoms with E-state index >= 15 is 0 Å². The van der Waals surface area contributed by atoms with Crippen molar-refractivity contribution in [3.8, 4) is 17.0 Å². The van der Waals surface area contributed by atoms with Crippen LogP contribution in [0.2, 0.25) is 0 Å². The number of piperazine rings is 1. The highest BCUT2D eigenvalue weighted by molar-refractivity contribution is 7.90. The zero-order chi connectivity index (χ0) is 40.9. The molecule has 2 amide bonds. The summed E-state index contributed by atoms with van der Waals surface area (Å²) in [6, 6.07) is 14.0. The largest absolute Gasteiger partial charge is 0.497 e. The number of likely N-dealkylation sites (N-methyl/N-ethyl adjacent to an activating group) is 1. The molecule has 58 heavy (non-hydrogen) atoms. The van der Waals surface area contributed by atoms with Crippen LogP contribution < -0.4 is 14.8 Å². The third-order valence-electron chi connectivity index (χ3n) is 12.8. The number of sulfonamides is 1. The van der Waals surface area contributed by atoms with Crippen LogP contribution in [0.15, 0.2) is 71.7 Å². The number of aryl methyl sites for hydroxylation is 1. The molecule has 12 nitrogen and oxygen atoms in total. The topological polar surface area (TPSA) is 150 Å². The summed E-state index contributed by atoms with van der Waals surface area (Å²) in [5.41, 5.74) is 8.30. The second-order valence-corrected chi connectivity index (χ2v) is 18.8. The van der Waals surface area contributed by atoms with Gasteiger partial charge in [0.1, 0.15) is 5.75 Å². The fourth-order valence-corrected chi connectivity index (χ4v) is 10.0. The van der Waals surface area contributed by atoms with E-state index in [1.807, 2.05) is 36.1 Å². The first-order chi connectivity index (χ1) is 27.9. The highest BCUT2D eigenvalue weighted by atomic mass is 32.2. The Morgan fingerprint density at radius 3 is 2.41 bits per heavy atom. The number of fused-ring (bicyclic) bond motifs is 7. The molecule has 5 heterocycles. The second kappa shape index (κ2) is 15.8. The predicted molar refractivity (Wildman–Crippen MR) is 229 cm³/mol. The number of likely N-dealkylation sites (tertiary alicyclic amines) is 1. The molecule has 2 saturated heterocycles. The van der Waals surface area contributed by atoms with Crippen LogP contribution in [0.1, 0.15) is 91.8 Å². The van der Waals surface area contributed by atoms with Gasteiger partial charge in [-0.1, -0.05) is 25.3 Å². The van der Waals surface area contributed by atoms with E-state index in [9.17, 15) is 18.0 Å². The lowest BCUT2D eigenvalue weighted by Gasteiger charge is -2.39. The Morgan fingerprint density at radius 2 is 1.74 bits per heavy atom. The summed E-state index contributed by atoms with van der Waals surface area (Å²) in [6.45, 7) is 6.51. The highest BCUT2D eigenvalue weighted by Gasteiger charge is 2.40. The first kappa shape index (κ1) is 39.6. The molecule has 13 heteroatoms. The van der Waals surface area contributed by atoms with Crippen molar-refractivity contribution in [3.05, 3.63) is 94.0 Å². The molecule has 3 N–H and O–H groups in total. The summed E-state index contributed by atoms with van der Waals surface area (Å²) < 4.78 is 36.0. The number of carbonyl (C=O) groups is 2. The van der Waals surface area contributed by atoms with Gasteiger partial charge >= 0.3 is 0 Å². The lowest BCUT2D eigenvalue weighted by atomic mass is 9.81. The number of allylic oxidation sites excluding steroid dienone is 1. The van der Waals surface area contributed by atoms with Crippen LogP contribution in [0, 0.1) is 12.3 Å². The average molecular weight is 804 g/mol. The number of pyridine rings is 1. The number of ether oxygens (including phenoxy) is 1. The van der Waals surface area contributed by atoms with Gasteiger partial charge in [-0.3, -0.25) is 19.5 Å². The van der Waals surface area contributed by atoms with E-state index in [2.05, 4.69) is 43.7 Å². The molecular formula is C45H53N7O5S. The summed E-state index contributed by atoms with van der Waals surface area (Å²) in [5.74, 6) is 0.0660. The third-order valence-corrected chi connectivity index (χ3v) is 14.5. The second-order valence-electron chi connectivity index (χ2n) is 16.6. The van der Waals surface area contributed by atoms with E-state index in [4.69, 9.17) is 10.1 Å². The van der Waals surface area contributed by atoms with Crippen LogP contribution in [0.5, 0.6) is 5.75 Å². The van der Waals surface area contributed by atoms with Crippen molar-refractivity contribution >= 4 is 50.7 Å². The normalized spacial score (nSPS) is 20.2.